The molecule has 0 fully saturated rings. The molecule has 0 bridgehead atoms. The van der Waals surface area contributed by atoms with Crippen LogP contribution in [0.5, 0.6) is 0 Å². The average Bonchev–Trinajstić information content (AvgIpc) is 3.01. The van der Waals surface area contributed by atoms with E-state index in [1.54, 1.807) is 0 Å². The van der Waals surface area contributed by atoms with Gasteiger partial charge in [0.15, 0.2) is 0 Å². The molecule has 2 aromatic carbocycles. The number of tetrazole rings is 1. The molecule has 1 heterocycles. The van der Waals surface area contributed by atoms with Crippen molar-refractivity contribution in [1.82, 2.24) is 19.8 Å². The molecule has 3 aromatic rings. The number of hydrogen-bond acceptors (Lipinski definition) is 6. The van der Waals surface area contributed by atoms with Crippen molar-refractivity contribution in [2.24, 2.45) is 5.73 Å². The van der Waals surface area contributed by atoms with Crippen LogP contribution in [0.15, 0.2) is 58.2 Å². The molecule has 14 heteroatoms. The number of halogens is 3. The number of rotatable bonds is 6. The number of amides is 1. The second kappa shape index (κ2) is 7.62. The molecule has 0 aliphatic carbocycles. The second-order valence-corrected chi connectivity index (χ2v) is 7.66. The maximum Gasteiger partial charge on any atom is 0.416 e. The van der Waals surface area contributed by atoms with E-state index in [-0.39, 0.29) is 11.4 Å². The molecule has 1 aromatic heterocycles. The van der Waals surface area contributed by atoms with E-state index in [9.17, 15) is 31.2 Å². The molecule has 3 rings (SSSR count). The first-order chi connectivity index (χ1) is 14.0. The Bertz CT molecular complexity index is 1250. The molecule has 158 valence electrons. The largest absolute Gasteiger partial charge is 0.416 e. The molecular formula is C16H13F3N6O4S. The van der Waals surface area contributed by atoms with Gasteiger partial charge < -0.3 is 5.73 Å². The van der Waals surface area contributed by atoms with Crippen molar-refractivity contribution in [2.75, 3.05) is 4.72 Å². The number of carbonyl (C=O) groups is 1. The lowest BCUT2D eigenvalue weighted by atomic mass is 10.2. The van der Waals surface area contributed by atoms with Gasteiger partial charge in [0.05, 0.1) is 16.1 Å². The fraction of sp³-hybridized carbons (Fsp3) is 0.125. The highest BCUT2D eigenvalue weighted by Crippen LogP contribution is 2.30. The normalized spacial score (nSPS) is 12.0. The number of carbonyl (C=O) groups excluding carboxylic acids is 1. The summed E-state index contributed by atoms with van der Waals surface area (Å²) in [6.45, 7) is -0.465. The van der Waals surface area contributed by atoms with Crippen molar-refractivity contribution in [3.05, 3.63) is 64.6 Å². The Hall–Kier alpha value is -3.68. The maximum atomic E-state index is 12.8. The number of anilines is 1. The number of nitrogens with zero attached hydrogens (tertiary/aromatic N) is 4. The highest BCUT2D eigenvalue weighted by molar-refractivity contribution is 7.92. The van der Waals surface area contributed by atoms with Crippen LogP contribution in [-0.2, 0) is 27.5 Å². The number of primary amides is 1. The lowest BCUT2D eigenvalue weighted by Crippen LogP contribution is -2.30. The van der Waals surface area contributed by atoms with E-state index in [1.807, 2.05) is 0 Å². The first-order valence-electron chi connectivity index (χ1n) is 8.09. The third-order valence-corrected chi connectivity index (χ3v) is 5.16. The number of hydrogen-bond donors (Lipinski definition) is 2. The molecule has 0 unspecified atom stereocenters. The van der Waals surface area contributed by atoms with Crippen molar-refractivity contribution >= 4 is 21.6 Å². The number of benzene rings is 2. The number of aromatic nitrogens is 4. The van der Waals surface area contributed by atoms with Crippen LogP contribution in [0, 0.1) is 0 Å². The van der Waals surface area contributed by atoms with E-state index in [4.69, 9.17) is 5.73 Å². The molecule has 0 atom stereocenters. The molecule has 0 spiro atoms. The standard InChI is InChI=1S/C16H13F3N6O4S/c17-16(18,19)10-2-1-3-13(8-10)30(28,29)21-11-4-6-12(7-5-11)25-15(27)24(22-23-25)9-14(20)26/h1-8,21H,9H2,(H2,20,26). The smallest absolute Gasteiger partial charge is 0.368 e. The molecule has 0 radical (unpaired) electrons. The van der Waals surface area contributed by atoms with E-state index >= 15 is 0 Å². The number of nitrogens with one attached hydrogen (secondary N) is 1. The minimum absolute atomic E-state index is 0.0359. The first-order valence-corrected chi connectivity index (χ1v) is 9.57. The lowest BCUT2D eigenvalue weighted by Gasteiger charge is -2.11. The van der Waals surface area contributed by atoms with Gasteiger partial charge in [-0.05, 0) is 52.9 Å². The fourth-order valence-corrected chi connectivity index (χ4v) is 3.51. The van der Waals surface area contributed by atoms with Gasteiger partial charge >= 0.3 is 11.9 Å². The van der Waals surface area contributed by atoms with Crippen molar-refractivity contribution < 1.29 is 26.4 Å². The topological polar surface area (TPSA) is 142 Å². The van der Waals surface area contributed by atoms with Crippen LogP contribution in [0.3, 0.4) is 0 Å². The maximum absolute atomic E-state index is 12.8. The summed E-state index contributed by atoms with van der Waals surface area (Å²) in [7, 11) is -4.29. The zero-order chi connectivity index (χ0) is 22.1. The Labute approximate surface area is 166 Å². The SMILES string of the molecule is NC(=O)Cn1nnn(-c2ccc(NS(=O)(=O)c3cccc(C(F)(F)F)c3)cc2)c1=O. The predicted octanol–water partition coefficient (Wildman–Crippen LogP) is 0.734. The Kier molecular flexibility index (Phi) is 5.35. The van der Waals surface area contributed by atoms with Crippen LogP contribution < -0.4 is 16.1 Å². The molecule has 0 aliphatic heterocycles. The molecular weight excluding hydrogens is 429 g/mol. The van der Waals surface area contributed by atoms with Crippen LogP contribution in [0.2, 0.25) is 0 Å². The summed E-state index contributed by atoms with van der Waals surface area (Å²) in [5, 5.41) is 7.08. The molecule has 0 saturated carbocycles. The highest BCUT2D eigenvalue weighted by Gasteiger charge is 2.31. The molecule has 10 nitrogen and oxygen atoms in total. The number of nitrogens with two attached hydrogens (primary N) is 1. The monoisotopic (exact) mass is 442 g/mol. The van der Waals surface area contributed by atoms with Crippen molar-refractivity contribution in [3.8, 4) is 5.69 Å². The number of alkyl halides is 3. The van der Waals surface area contributed by atoms with Crippen LogP contribution >= 0.6 is 0 Å². The Balaban J connectivity index is 1.83. The minimum Gasteiger partial charge on any atom is -0.368 e. The van der Waals surface area contributed by atoms with E-state index < -0.39 is 44.8 Å². The molecule has 30 heavy (non-hydrogen) atoms. The van der Waals surface area contributed by atoms with Gasteiger partial charge in [-0.1, -0.05) is 6.07 Å². The summed E-state index contributed by atoms with van der Waals surface area (Å²) in [5.41, 5.74) is 3.40. The average molecular weight is 442 g/mol. The van der Waals surface area contributed by atoms with Gasteiger partial charge in [-0.15, -0.1) is 0 Å². The third-order valence-electron chi connectivity index (χ3n) is 3.78. The molecule has 3 N–H and O–H groups in total. The van der Waals surface area contributed by atoms with Crippen molar-refractivity contribution in [1.29, 1.82) is 0 Å². The van der Waals surface area contributed by atoms with Gasteiger partial charge in [0, 0.05) is 5.69 Å². The van der Waals surface area contributed by atoms with E-state index in [0.717, 1.165) is 27.6 Å². The highest BCUT2D eigenvalue weighted by atomic mass is 32.2. The summed E-state index contributed by atoms with van der Waals surface area (Å²) < 4.78 is 67.0. The fourth-order valence-electron chi connectivity index (χ4n) is 2.41. The summed E-state index contributed by atoms with van der Waals surface area (Å²) >= 11 is 0. The summed E-state index contributed by atoms with van der Waals surface area (Å²) in [6, 6.07) is 8.51. The number of sulfonamides is 1. The zero-order valence-electron chi connectivity index (χ0n) is 14.9. The van der Waals surface area contributed by atoms with Gasteiger partial charge in [0.25, 0.3) is 10.0 Å². The lowest BCUT2D eigenvalue weighted by molar-refractivity contribution is -0.137. The van der Waals surface area contributed by atoms with Crippen molar-refractivity contribution in [2.45, 2.75) is 17.6 Å². The van der Waals surface area contributed by atoms with E-state index in [1.165, 1.54) is 24.3 Å². The van der Waals surface area contributed by atoms with Gasteiger partial charge in [0.2, 0.25) is 5.91 Å². The van der Waals surface area contributed by atoms with E-state index in [2.05, 4.69) is 15.1 Å². The van der Waals surface area contributed by atoms with E-state index in [0.29, 0.717) is 6.07 Å². The van der Waals surface area contributed by atoms with Crippen LogP contribution in [-0.4, -0.2) is 34.1 Å². The van der Waals surface area contributed by atoms with Gasteiger partial charge in [-0.3, -0.25) is 9.52 Å². The quantitative estimate of drug-likeness (QED) is 0.577. The Morgan fingerprint density at radius 3 is 2.37 bits per heavy atom. The first kappa shape index (κ1) is 21.0. The van der Waals surface area contributed by atoms with Gasteiger partial charge in [-0.2, -0.15) is 22.5 Å². The third kappa shape index (κ3) is 4.48. The zero-order valence-corrected chi connectivity index (χ0v) is 15.7. The van der Waals surface area contributed by atoms with Gasteiger partial charge in [0.1, 0.15) is 6.54 Å². The van der Waals surface area contributed by atoms with Crippen LogP contribution in [0.1, 0.15) is 5.56 Å². The van der Waals surface area contributed by atoms with Crippen molar-refractivity contribution in [3.63, 3.8) is 0 Å². The minimum atomic E-state index is -4.69. The predicted molar refractivity (Wildman–Crippen MR) is 97.1 cm³/mol. The van der Waals surface area contributed by atoms with Gasteiger partial charge in [-0.25, -0.2) is 13.2 Å². The molecule has 0 aliphatic rings. The summed E-state index contributed by atoms with van der Waals surface area (Å²) in [4.78, 5) is 22.4. The van der Waals surface area contributed by atoms with Crippen LogP contribution in [0.25, 0.3) is 5.69 Å². The van der Waals surface area contributed by atoms with Crippen LogP contribution in [0.4, 0.5) is 18.9 Å². The summed E-state index contributed by atoms with van der Waals surface area (Å²) in [5.74, 6) is -0.788. The second-order valence-electron chi connectivity index (χ2n) is 5.98. The Morgan fingerprint density at radius 1 is 1.10 bits per heavy atom. The summed E-state index contributed by atoms with van der Waals surface area (Å²) in [6.07, 6.45) is -4.69. The Morgan fingerprint density at radius 2 is 1.77 bits per heavy atom. The molecule has 0 saturated heterocycles. The molecule has 1 amide bonds.